The number of rotatable bonds is 3. The Morgan fingerprint density at radius 2 is 2.50 bits per heavy atom. The van der Waals surface area contributed by atoms with Crippen molar-refractivity contribution < 1.29 is 4.79 Å². The van der Waals surface area contributed by atoms with Crippen LogP contribution >= 0.6 is 22.9 Å². The van der Waals surface area contributed by atoms with Gasteiger partial charge in [0.15, 0.2) is 0 Å². The van der Waals surface area contributed by atoms with Crippen molar-refractivity contribution in [3.8, 4) is 0 Å². The first-order chi connectivity index (χ1) is 5.70. The van der Waals surface area contributed by atoms with Crippen LogP contribution in [0.4, 0.5) is 4.79 Å². The lowest BCUT2D eigenvalue weighted by molar-refractivity contribution is 0.260. The Kier molecular flexibility index (Phi) is 3.56. The van der Waals surface area contributed by atoms with Gasteiger partial charge in [-0.3, -0.25) is 4.79 Å². The zero-order valence-electron chi connectivity index (χ0n) is 6.76. The smallest absolute Gasteiger partial charge is 0.313 e. The molecule has 0 bridgehead atoms. The third kappa shape index (κ3) is 2.83. The van der Waals surface area contributed by atoms with Crippen molar-refractivity contribution in [3.05, 3.63) is 21.9 Å². The average Bonchev–Trinajstić information content (AvgIpc) is 2.36. The van der Waals surface area contributed by atoms with Gasteiger partial charge in [0.2, 0.25) is 0 Å². The van der Waals surface area contributed by atoms with Crippen LogP contribution in [0.3, 0.4) is 0 Å². The number of halogens is 1. The molecule has 0 aliphatic rings. The summed E-state index contributed by atoms with van der Waals surface area (Å²) in [5, 5.41) is 4.11. The SMILES string of the molecule is Cc1ccsc1CCNC(=O)Cl. The lowest BCUT2D eigenvalue weighted by Gasteiger charge is -1.99. The van der Waals surface area contributed by atoms with Gasteiger partial charge in [0.25, 0.3) is 0 Å². The van der Waals surface area contributed by atoms with E-state index in [4.69, 9.17) is 11.6 Å². The maximum absolute atomic E-state index is 10.3. The lowest BCUT2D eigenvalue weighted by Crippen LogP contribution is -2.19. The Bertz CT molecular complexity index is 272. The normalized spacial score (nSPS) is 9.83. The minimum Gasteiger partial charge on any atom is -0.342 e. The summed E-state index contributed by atoms with van der Waals surface area (Å²) in [7, 11) is 0. The van der Waals surface area contributed by atoms with E-state index in [-0.39, 0.29) is 0 Å². The monoisotopic (exact) mass is 203 g/mol. The van der Waals surface area contributed by atoms with Crippen LogP contribution in [-0.2, 0) is 6.42 Å². The van der Waals surface area contributed by atoms with Crippen LogP contribution in [0.25, 0.3) is 0 Å². The second-order valence-corrected chi connectivity index (χ2v) is 3.82. The van der Waals surface area contributed by atoms with Crippen molar-refractivity contribution in [2.24, 2.45) is 0 Å². The summed E-state index contributed by atoms with van der Waals surface area (Å²) in [6, 6.07) is 2.07. The van der Waals surface area contributed by atoms with E-state index in [1.807, 2.05) is 5.38 Å². The second kappa shape index (κ2) is 4.48. The number of nitrogens with one attached hydrogen (secondary N) is 1. The van der Waals surface area contributed by atoms with Gasteiger partial charge in [-0.1, -0.05) is 0 Å². The molecule has 1 aromatic rings. The van der Waals surface area contributed by atoms with E-state index in [1.54, 1.807) is 11.3 Å². The van der Waals surface area contributed by atoms with Crippen LogP contribution in [0.15, 0.2) is 11.4 Å². The van der Waals surface area contributed by atoms with Gasteiger partial charge in [-0.25, -0.2) is 0 Å². The molecule has 12 heavy (non-hydrogen) atoms. The topological polar surface area (TPSA) is 29.1 Å². The summed E-state index contributed by atoms with van der Waals surface area (Å²) in [5.41, 5.74) is 1.28. The number of carbonyl (C=O) groups is 1. The maximum atomic E-state index is 10.3. The molecule has 4 heteroatoms. The fourth-order valence-corrected chi connectivity index (χ4v) is 1.94. The number of hydrogen-bond acceptors (Lipinski definition) is 2. The number of carbonyl (C=O) groups excluding carboxylic acids is 1. The van der Waals surface area contributed by atoms with E-state index < -0.39 is 5.37 Å². The van der Waals surface area contributed by atoms with Crippen molar-refractivity contribution in [1.82, 2.24) is 5.32 Å². The quantitative estimate of drug-likeness (QED) is 0.594. The number of thiophene rings is 1. The molecule has 0 aliphatic heterocycles. The summed E-state index contributed by atoms with van der Waals surface area (Å²) in [6.45, 7) is 2.68. The maximum Gasteiger partial charge on any atom is 0.313 e. The molecule has 2 nitrogen and oxygen atoms in total. The van der Waals surface area contributed by atoms with E-state index in [9.17, 15) is 4.79 Å². The molecule has 1 amide bonds. The van der Waals surface area contributed by atoms with E-state index >= 15 is 0 Å². The van der Waals surface area contributed by atoms with Gasteiger partial charge in [0.1, 0.15) is 0 Å². The molecule has 1 aromatic heterocycles. The lowest BCUT2D eigenvalue weighted by atomic mass is 10.2. The predicted octanol–water partition coefficient (Wildman–Crippen LogP) is 2.55. The molecule has 1 rings (SSSR count). The fourth-order valence-electron chi connectivity index (χ4n) is 0.935. The first kappa shape index (κ1) is 9.55. The summed E-state index contributed by atoms with van der Waals surface area (Å²) < 4.78 is 0. The number of amides is 1. The first-order valence-corrected chi connectivity index (χ1v) is 4.92. The van der Waals surface area contributed by atoms with Crippen LogP contribution in [0.2, 0.25) is 0 Å². The molecule has 0 aliphatic carbocycles. The van der Waals surface area contributed by atoms with Crippen molar-refractivity contribution in [2.45, 2.75) is 13.3 Å². The Morgan fingerprint density at radius 1 is 1.75 bits per heavy atom. The van der Waals surface area contributed by atoms with E-state index in [2.05, 4.69) is 18.3 Å². The molecule has 0 spiro atoms. The van der Waals surface area contributed by atoms with Gasteiger partial charge in [-0.15, -0.1) is 11.3 Å². The van der Waals surface area contributed by atoms with Gasteiger partial charge in [0, 0.05) is 11.4 Å². The zero-order chi connectivity index (χ0) is 8.97. The third-order valence-corrected chi connectivity index (χ3v) is 2.80. The number of hydrogen-bond donors (Lipinski definition) is 1. The fraction of sp³-hybridized carbons (Fsp3) is 0.375. The van der Waals surface area contributed by atoms with Crippen LogP contribution in [0.1, 0.15) is 10.4 Å². The van der Waals surface area contributed by atoms with Crippen molar-refractivity contribution in [1.29, 1.82) is 0 Å². The van der Waals surface area contributed by atoms with Gasteiger partial charge in [-0.2, -0.15) is 0 Å². The first-order valence-electron chi connectivity index (χ1n) is 3.66. The zero-order valence-corrected chi connectivity index (χ0v) is 8.34. The molecular formula is C8H10ClNOS. The van der Waals surface area contributed by atoms with Crippen molar-refractivity contribution in [3.63, 3.8) is 0 Å². The van der Waals surface area contributed by atoms with Crippen LogP contribution < -0.4 is 5.32 Å². The second-order valence-electron chi connectivity index (χ2n) is 2.48. The Labute approximate surface area is 80.5 Å². The van der Waals surface area contributed by atoms with Crippen molar-refractivity contribution in [2.75, 3.05) is 6.54 Å². The summed E-state index contributed by atoms with van der Waals surface area (Å²) in [6.07, 6.45) is 0.863. The minimum absolute atomic E-state index is 0.482. The molecule has 0 unspecified atom stereocenters. The molecular weight excluding hydrogens is 194 g/mol. The molecule has 1 N–H and O–H groups in total. The van der Waals surface area contributed by atoms with Crippen LogP contribution in [0.5, 0.6) is 0 Å². The van der Waals surface area contributed by atoms with Gasteiger partial charge < -0.3 is 5.32 Å². The molecule has 0 fully saturated rings. The molecule has 0 atom stereocenters. The van der Waals surface area contributed by atoms with Gasteiger partial charge >= 0.3 is 5.37 Å². The molecule has 0 saturated heterocycles. The van der Waals surface area contributed by atoms with Crippen molar-refractivity contribution >= 4 is 28.3 Å². The molecule has 1 heterocycles. The van der Waals surface area contributed by atoms with Crippen LogP contribution in [0, 0.1) is 6.92 Å². The van der Waals surface area contributed by atoms with Gasteiger partial charge in [-0.05, 0) is 42.0 Å². The standard InChI is InChI=1S/C8H10ClNOS/c1-6-3-5-12-7(6)2-4-10-8(9)11/h3,5H,2,4H2,1H3,(H,10,11). The highest BCUT2D eigenvalue weighted by atomic mass is 35.5. The van der Waals surface area contributed by atoms with E-state index in [0.717, 1.165) is 6.42 Å². The average molecular weight is 204 g/mol. The van der Waals surface area contributed by atoms with E-state index in [0.29, 0.717) is 6.54 Å². The molecule has 0 aromatic carbocycles. The van der Waals surface area contributed by atoms with E-state index in [1.165, 1.54) is 10.4 Å². The summed E-state index contributed by atoms with van der Waals surface area (Å²) in [4.78, 5) is 11.6. The highest BCUT2D eigenvalue weighted by Crippen LogP contribution is 2.15. The largest absolute Gasteiger partial charge is 0.342 e. The third-order valence-electron chi connectivity index (χ3n) is 1.58. The molecule has 0 saturated carbocycles. The molecule has 66 valence electrons. The Hall–Kier alpha value is -0.540. The Balaban J connectivity index is 2.33. The highest BCUT2D eigenvalue weighted by Gasteiger charge is 1.99. The molecule has 0 radical (unpaired) electrons. The Morgan fingerprint density at radius 3 is 3.00 bits per heavy atom. The summed E-state index contributed by atoms with van der Waals surface area (Å²) in [5.74, 6) is 0. The predicted molar refractivity (Wildman–Crippen MR) is 52.0 cm³/mol. The van der Waals surface area contributed by atoms with Gasteiger partial charge in [0.05, 0.1) is 0 Å². The minimum atomic E-state index is -0.482. The number of aryl methyl sites for hydroxylation is 1. The summed E-state index contributed by atoms with van der Waals surface area (Å²) >= 11 is 6.82. The van der Waals surface area contributed by atoms with Crippen LogP contribution in [-0.4, -0.2) is 11.9 Å². The highest BCUT2D eigenvalue weighted by molar-refractivity contribution is 7.10.